The molecule has 0 saturated carbocycles. The molecule has 2 rings (SSSR count). The van der Waals surface area contributed by atoms with Crippen molar-refractivity contribution in [2.24, 2.45) is 0 Å². The van der Waals surface area contributed by atoms with E-state index in [9.17, 15) is 0 Å². The van der Waals surface area contributed by atoms with Crippen molar-refractivity contribution < 1.29 is 0 Å². The molecule has 0 aliphatic heterocycles. The maximum absolute atomic E-state index is 4.03. The summed E-state index contributed by atoms with van der Waals surface area (Å²) < 4.78 is 1.12. The number of hydrogen-bond donors (Lipinski definition) is 1. The van der Waals surface area contributed by atoms with Gasteiger partial charge < -0.3 is 4.98 Å². The van der Waals surface area contributed by atoms with Crippen LogP contribution in [0.1, 0.15) is 12.5 Å². The Morgan fingerprint density at radius 3 is 2.93 bits per heavy atom. The van der Waals surface area contributed by atoms with Crippen LogP contribution in [0.2, 0.25) is 0 Å². The number of aromatic amines is 1. The second-order valence-corrected chi connectivity index (χ2v) is 4.04. The molecule has 3 heteroatoms. The minimum atomic E-state index is 1.02. The number of imidazole rings is 1. The Balaban J connectivity index is 2.53. The number of hydrogen-bond acceptors (Lipinski definition) is 1. The summed E-state index contributed by atoms with van der Waals surface area (Å²) in [5.74, 6) is 0. The lowest BCUT2D eigenvalue weighted by molar-refractivity contribution is 1.13. The standard InChI is InChI=1S/C11H11BrN2/c1-2-8-5-9(12)3-4-10(8)11-6-13-7-14-11/h3-7H,2H2,1H3,(H,13,14). The minimum absolute atomic E-state index is 1.02. The summed E-state index contributed by atoms with van der Waals surface area (Å²) in [4.78, 5) is 7.15. The average molecular weight is 251 g/mol. The molecule has 0 radical (unpaired) electrons. The molecule has 2 nitrogen and oxygen atoms in total. The molecule has 0 unspecified atom stereocenters. The van der Waals surface area contributed by atoms with Crippen LogP contribution in [-0.4, -0.2) is 9.97 Å². The molecule has 0 saturated heterocycles. The highest BCUT2D eigenvalue weighted by Gasteiger charge is 2.04. The number of nitrogens with one attached hydrogen (secondary N) is 1. The zero-order valence-electron chi connectivity index (χ0n) is 7.92. The predicted octanol–water partition coefficient (Wildman–Crippen LogP) is 3.40. The first kappa shape index (κ1) is 9.46. The first-order valence-electron chi connectivity index (χ1n) is 4.58. The fourth-order valence-electron chi connectivity index (χ4n) is 1.52. The first-order chi connectivity index (χ1) is 6.81. The summed E-state index contributed by atoms with van der Waals surface area (Å²) in [5, 5.41) is 0. The van der Waals surface area contributed by atoms with E-state index < -0.39 is 0 Å². The van der Waals surface area contributed by atoms with E-state index in [0.717, 1.165) is 16.6 Å². The van der Waals surface area contributed by atoms with Crippen molar-refractivity contribution in [2.45, 2.75) is 13.3 Å². The van der Waals surface area contributed by atoms with Gasteiger partial charge in [-0.1, -0.05) is 28.9 Å². The lowest BCUT2D eigenvalue weighted by Gasteiger charge is -2.05. The second kappa shape index (κ2) is 3.96. The molecule has 72 valence electrons. The number of H-pyrrole nitrogens is 1. The molecule has 1 N–H and O–H groups in total. The SMILES string of the molecule is CCc1cc(Br)ccc1-c1cnc[nH]1. The number of nitrogens with zero attached hydrogens (tertiary/aromatic N) is 1. The van der Waals surface area contributed by atoms with Gasteiger partial charge in [-0.2, -0.15) is 0 Å². The van der Waals surface area contributed by atoms with Gasteiger partial charge in [0.15, 0.2) is 0 Å². The van der Waals surface area contributed by atoms with E-state index >= 15 is 0 Å². The third-order valence-electron chi connectivity index (χ3n) is 2.24. The van der Waals surface area contributed by atoms with Crippen LogP contribution in [0.25, 0.3) is 11.3 Å². The maximum Gasteiger partial charge on any atom is 0.0924 e. The molecular weight excluding hydrogens is 240 g/mol. The number of aromatic nitrogens is 2. The molecular formula is C11H11BrN2. The Kier molecular flexibility index (Phi) is 2.68. The molecule has 1 heterocycles. The summed E-state index contributed by atoms with van der Waals surface area (Å²) in [6.07, 6.45) is 4.58. The van der Waals surface area contributed by atoms with Crippen LogP contribution in [0.3, 0.4) is 0 Å². The van der Waals surface area contributed by atoms with Crippen molar-refractivity contribution in [3.8, 4) is 11.3 Å². The minimum Gasteiger partial charge on any atom is -0.345 e. The fraction of sp³-hybridized carbons (Fsp3) is 0.182. The third-order valence-corrected chi connectivity index (χ3v) is 2.73. The van der Waals surface area contributed by atoms with Crippen LogP contribution >= 0.6 is 15.9 Å². The monoisotopic (exact) mass is 250 g/mol. The Hall–Kier alpha value is -1.09. The van der Waals surface area contributed by atoms with Crippen LogP contribution < -0.4 is 0 Å². The Morgan fingerprint density at radius 1 is 1.43 bits per heavy atom. The Morgan fingerprint density at radius 2 is 2.29 bits per heavy atom. The fourth-order valence-corrected chi connectivity index (χ4v) is 1.93. The van der Waals surface area contributed by atoms with Gasteiger partial charge in [0, 0.05) is 10.0 Å². The van der Waals surface area contributed by atoms with Gasteiger partial charge in [-0.15, -0.1) is 0 Å². The van der Waals surface area contributed by atoms with Crippen LogP contribution in [0.4, 0.5) is 0 Å². The topological polar surface area (TPSA) is 28.7 Å². The summed E-state index contributed by atoms with van der Waals surface area (Å²) in [7, 11) is 0. The van der Waals surface area contributed by atoms with Gasteiger partial charge in [0.25, 0.3) is 0 Å². The average Bonchev–Trinajstić information content (AvgIpc) is 2.70. The molecule has 0 atom stereocenters. The van der Waals surface area contributed by atoms with Gasteiger partial charge in [0.1, 0.15) is 0 Å². The normalized spacial score (nSPS) is 10.4. The molecule has 2 aromatic rings. The highest BCUT2D eigenvalue weighted by molar-refractivity contribution is 9.10. The molecule has 1 aromatic carbocycles. The summed E-state index contributed by atoms with van der Waals surface area (Å²) in [6.45, 7) is 2.15. The van der Waals surface area contributed by atoms with Crippen LogP contribution in [0.15, 0.2) is 35.2 Å². The Labute approximate surface area is 91.5 Å². The van der Waals surface area contributed by atoms with Crippen LogP contribution in [-0.2, 0) is 6.42 Å². The van der Waals surface area contributed by atoms with E-state index in [-0.39, 0.29) is 0 Å². The van der Waals surface area contributed by atoms with Gasteiger partial charge in [-0.25, -0.2) is 4.98 Å². The number of rotatable bonds is 2. The Bertz CT molecular complexity index is 421. The van der Waals surface area contributed by atoms with Crippen molar-refractivity contribution in [3.05, 3.63) is 40.8 Å². The molecule has 0 fully saturated rings. The van der Waals surface area contributed by atoms with Crippen LogP contribution in [0, 0.1) is 0 Å². The molecule has 0 bridgehead atoms. The smallest absolute Gasteiger partial charge is 0.0924 e. The van der Waals surface area contributed by atoms with Gasteiger partial charge in [-0.3, -0.25) is 0 Å². The molecule has 1 aromatic heterocycles. The molecule has 0 spiro atoms. The number of benzene rings is 1. The van der Waals surface area contributed by atoms with Crippen molar-refractivity contribution in [3.63, 3.8) is 0 Å². The third kappa shape index (κ3) is 1.73. The zero-order valence-corrected chi connectivity index (χ0v) is 9.51. The van der Waals surface area contributed by atoms with E-state index in [2.05, 4.69) is 51.0 Å². The lowest BCUT2D eigenvalue weighted by Crippen LogP contribution is -1.87. The summed E-state index contributed by atoms with van der Waals surface area (Å²) in [5.41, 5.74) is 3.63. The zero-order chi connectivity index (χ0) is 9.97. The summed E-state index contributed by atoms with van der Waals surface area (Å²) in [6, 6.07) is 6.31. The predicted molar refractivity (Wildman–Crippen MR) is 61.1 cm³/mol. The largest absolute Gasteiger partial charge is 0.345 e. The number of halogens is 1. The van der Waals surface area contributed by atoms with Gasteiger partial charge in [-0.05, 0) is 24.1 Å². The van der Waals surface area contributed by atoms with E-state index in [1.54, 1.807) is 6.33 Å². The van der Waals surface area contributed by atoms with E-state index in [1.165, 1.54) is 11.1 Å². The quantitative estimate of drug-likeness (QED) is 0.870. The van der Waals surface area contributed by atoms with E-state index in [0.29, 0.717) is 0 Å². The van der Waals surface area contributed by atoms with Crippen molar-refractivity contribution in [2.75, 3.05) is 0 Å². The first-order valence-corrected chi connectivity index (χ1v) is 5.37. The van der Waals surface area contributed by atoms with Gasteiger partial charge in [0.05, 0.1) is 18.2 Å². The number of aryl methyl sites for hydroxylation is 1. The molecule has 0 aliphatic carbocycles. The van der Waals surface area contributed by atoms with E-state index in [4.69, 9.17) is 0 Å². The highest BCUT2D eigenvalue weighted by Crippen LogP contribution is 2.25. The molecule has 0 aliphatic rings. The lowest BCUT2D eigenvalue weighted by atomic mass is 10.0. The van der Waals surface area contributed by atoms with Gasteiger partial charge in [0.2, 0.25) is 0 Å². The molecule has 0 amide bonds. The van der Waals surface area contributed by atoms with Gasteiger partial charge >= 0.3 is 0 Å². The van der Waals surface area contributed by atoms with Crippen molar-refractivity contribution in [1.82, 2.24) is 9.97 Å². The highest BCUT2D eigenvalue weighted by atomic mass is 79.9. The maximum atomic E-state index is 4.03. The van der Waals surface area contributed by atoms with Crippen molar-refractivity contribution in [1.29, 1.82) is 0 Å². The molecule has 14 heavy (non-hydrogen) atoms. The van der Waals surface area contributed by atoms with E-state index in [1.807, 2.05) is 6.20 Å². The second-order valence-electron chi connectivity index (χ2n) is 3.12. The van der Waals surface area contributed by atoms with Crippen molar-refractivity contribution >= 4 is 15.9 Å². The summed E-state index contributed by atoms with van der Waals surface area (Å²) >= 11 is 3.47. The van der Waals surface area contributed by atoms with Crippen LogP contribution in [0.5, 0.6) is 0 Å².